The fourth-order valence-corrected chi connectivity index (χ4v) is 1.51. The molecule has 4 atom stereocenters. The van der Waals surface area contributed by atoms with Crippen molar-refractivity contribution < 1.29 is 33.2 Å². The van der Waals surface area contributed by atoms with Gasteiger partial charge in [0.15, 0.2) is 0 Å². The quantitative estimate of drug-likeness (QED) is 0.441. The smallest absolute Gasteiger partial charge is 0.394 e. The number of alkyl halides is 3. The van der Waals surface area contributed by atoms with Crippen LogP contribution in [0, 0.1) is 0 Å². The Labute approximate surface area is 78.7 Å². The van der Waals surface area contributed by atoms with Crippen molar-refractivity contribution in [3.63, 3.8) is 0 Å². The Morgan fingerprint density at radius 1 is 1.43 bits per heavy atom. The van der Waals surface area contributed by atoms with E-state index in [1.54, 1.807) is 0 Å². The highest BCUT2D eigenvalue weighted by Gasteiger charge is 2.67. The zero-order chi connectivity index (χ0) is 11.1. The highest BCUT2D eigenvalue weighted by Crippen LogP contribution is 2.42. The number of hydrogen-bond acceptors (Lipinski definition) is 4. The van der Waals surface area contributed by atoms with E-state index in [4.69, 9.17) is 10.2 Å². The molecule has 1 fully saturated rings. The van der Waals surface area contributed by atoms with Crippen molar-refractivity contribution >= 4 is 7.85 Å². The number of halogens is 3. The standard InChI is InChI=1S/C6H10BF3O4/c7-4-5(13,6(8,9)10)3(12)2(1-11)14-4/h2-4,11-13H,1,7H2/t2-,3-,4-,5-/m1/s1. The Kier molecular flexibility index (Phi) is 2.83. The number of aliphatic hydroxyl groups is 3. The number of ether oxygens (including phenoxy) is 1. The van der Waals surface area contributed by atoms with Gasteiger partial charge in [-0.25, -0.2) is 0 Å². The molecular weight excluding hydrogens is 204 g/mol. The van der Waals surface area contributed by atoms with E-state index in [1.807, 2.05) is 0 Å². The lowest BCUT2D eigenvalue weighted by atomic mass is 9.80. The first kappa shape index (κ1) is 11.8. The molecule has 8 heteroatoms. The monoisotopic (exact) mass is 214 g/mol. The van der Waals surface area contributed by atoms with Crippen LogP contribution in [0.5, 0.6) is 0 Å². The molecule has 14 heavy (non-hydrogen) atoms. The fraction of sp³-hybridized carbons (Fsp3) is 1.00. The number of hydrogen-bond donors (Lipinski definition) is 3. The maximum Gasteiger partial charge on any atom is 0.421 e. The number of aliphatic hydroxyl groups excluding tert-OH is 2. The molecule has 0 unspecified atom stereocenters. The van der Waals surface area contributed by atoms with Crippen LogP contribution < -0.4 is 0 Å². The van der Waals surface area contributed by atoms with Gasteiger partial charge in [-0.15, -0.1) is 0 Å². The summed E-state index contributed by atoms with van der Waals surface area (Å²) in [5.74, 6) is 0. The average Bonchev–Trinajstić information content (AvgIpc) is 2.29. The molecular formula is C6H10BF3O4. The van der Waals surface area contributed by atoms with Crippen LogP contribution in [0.2, 0.25) is 0 Å². The van der Waals surface area contributed by atoms with Gasteiger partial charge >= 0.3 is 6.18 Å². The molecule has 0 spiro atoms. The lowest BCUT2D eigenvalue weighted by Crippen LogP contribution is -2.59. The summed E-state index contributed by atoms with van der Waals surface area (Å²) in [6.07, 6.45) is -8.56. The summed E-state index contributed by atoms with van der Waals surface area (Å²) in [7, 11) is 0.992. The minimum atomic E-state index is -4.99. The molecule has 1 aliphatic rings. The Hall–Kier alpha value is -0.305. The summed E-state index contributed by atoms with van der Waals surface area (Å²) in [4.78, 5) is 0. The van der Waals surface area contributed by atoms with Crippen molar-refractivity contribution in [1.82, 2.24) is 0 Å². The summed E-state index contributed by atoms with van der Waals surface area (Å²) in [5, 5.41) is 27.0. The van der Waals surface area contributed by atoms with Gasteiger partial charge in [0.2, 0.25) is 5.60 Å². The van der Waals surface area contributed by atoms with Gasteiger partial charge in [0.05, 0.1) is 12.6 Å². The molecule has 1 saturated heterocycles. The zero-order valence-electron chi connectivity index (χ0n) is 7.32. The highest BCUT2D eigenvalue weighted by molar-refractivity contribution is 6.12. The van der Waals surface area contributed by atoms with E-state index in [9.17, 15) is 18.3 Å². The molecule has 3 N–H and O–H groups in total. The van der Waals surface area contributed by atoms with E-state index >= 15 is 0 Å². The van der Waals surface area contributed by atoms with Crippen LogP contribution in [0.4, 0.5) is 13.2 Å². The van der Waals surface area contributed by atoms with Gasteiger partial charge in [0.25, 0.3) is 0 Å². The lowest BCUT2D eigenvalue weighted by Gasteiger charge is -2.31. The van der Waals surface area contributed by atoms with Crippen LogP contribution in [-0.2, 0) is 4.74 Å². The Morgan fingerprint density at radius 3 is 2.14 bits per heavy atom. The largest absolute Gasteiger partial charge is 0.421 e. The van der Waals surface area contributed by atoms with Crippen molar-refractivity contribution in [3.05, 3.63) is 0 Å². The molecule has 0 bridgehead atoms. The van der Waals surface area contributed by atoms with Crippen molar-refractivity contribution in [1.29, 1.82) is 0 Å². The second-order valence-electron chi connectivity index (χ2n) is 3.27. The summed E-state index contributed by atoms with van der Waals surface area (Å²) in [6, 6.07) is -1.60. The van der Waals surface area contributed by atoms with Gasteiger partial charge in [0.1, 0.15) is 20.1 Å². The maximum absolute atomic E-state index is 12.4. The lowest BCUT2D eigenvalue weighted by molar-refractivity contribution is -0.284. The van der Waals surface area contributed by atoms with E-state index in [-0.39, 0.29) is 0 Å². The highest BCUT2D eigenvalue weighted by atomic mass is 19.4. The van der Waals surface area contributed by atoms with Gasteiger partial charge in [-0.3, -0.25) is 0 Å². The van der Waals surface area contributed by atoms with Gasteiger partial charge in [0, 0.05) is 0 Å². The predicted octanol–water partition coefficient (Wildman–Crippen LogP) is -2.01. The van der Waals surface area contributed by atoms with Gasteiger partial charge in [-0.05, 0) is 0 Å². The van der Waals surface area contributed by atoms with Crippen LogP contribution in [0.25, 0.3) is 0 Å². The third-order valence-electron chi connectivity index (χ3n) is 2.44. The first-order chi connectivity index (χ1) is 6.25. The van der Waals surface area contributed by atoms with E-state index in [2.05, 4.69) is 4.74 Å². The normalized spacial score (nSPS) is 44.3. The van der Waals surface area contributed by atoms with Crippen molar-refractivity contribution in [2.24, 2.45) is 0 Å². The first-order valence-electron chi connectivity index (χ1n) is 3.98. The molecule has 1 aliphatic heterocycles. The summed E-state index contributed by atoms with van der Waals surface area (Å²) >= 11 is 0. The molecule has 0 aromatic carbocycles. The molecule has 0 amide bonds. The van der Waals surface area contributed by atoms with Crippen molar-refractivity contribution in [2.75, 3.05) is 6.61 Å². The minimum absolute atomic E-state index is 0.774. The molecule has 0 aromatic rings. The summed E-state index contributed by atoms with van der Waals surface area (Å²) in [6.45, 7) is -0.774. The number of rotatable bonds is 1. The van der Waals surface area contributed by atoms with Gasteiger partial charge < -0.3 is 20.1 Å². The van der Waals surface area contributed by atoms with Crippen LogP contribution >= 0.6 is 0 Å². The minimum Gasteiger partial charge on any atom is -0.394 e. The van der Waals surface area contributed by atoms with E-state index in [0.29, 0.717) is 0 Å². The second kappa shape index (κ2) is 3.37. The second-order valence-corrected chi connectivity index (χ2v) is 3.27. The van der Waals surface area contributed by atoms with E-state index in [0.717, 1.165) is 7.85 Å². The predicted molar refractivity (Wildman–Crippen MR) is 41.3 cm³/mol. The Morgan fingerprint density at radius 2 is 1.93 bits per heavy atom. The van der Waals surface area contributed by atoms with Crippen LogP contribution in [-0.4, -0.2) is 59.8 Å². The van der Waals surface area contributed by atoms with E-state index in [1.165, 1.54) is 0 Å². The molecule has 0 aliphatic carbocycles. The zero-order valence-corrected chi connectivity index (χ0v) is 7.32. The molecule has 0 aromatic heterocycles. The molecule has 82 valence electrons. The Bertz CT molecular complexity index is 224. The third kappa shape index (κ3) is 1.42. The van der Waals surface area contributed by atoms with Crippen molar-refractivity contribution in [3.8, 4) is 0 Å². The van der Waals surface area contributed by atoms with Gasteiger partial charge in [-0.1, -0.05) is 0 Å². The first-order valence-corrected chi connectivity index (χ1v) is 3.98. The molecule has 1 heterocycles. The fourth-order valence-electron chi connectivity index (χ4n) is 1.51. The molecule has 4 nitrogen and oxygen atoms in total. The summed E-state index contributed by atoms with van der Waals surface area (Å²) < 4.78 is 41.7. The van der Waals surface area contributed by atoms with E-state index < -0.39 is 36.6 Å². The van der Waals surface area contributed by atoms with Gasteiger partial charge in [-0.2, -0.15) is 13.2 Å². The molecule has 0 radical (unpaired) electrons. The molecule has 1 rings (SSSR count). The average molecular weight is 214 g/mol. The summed E-state index contributed by atoms with van der Waals surface area (Å²) in [5.41, 5.74) is -3.31. The topological polar surface area (TPSA) is 69.9 Å². The van der Waals surface area contributed by atoms with Crippen LogP contribution in [0.15, 0.2) is 0 Å². The molecule has 0 saturated carbocycles. The van der Waals surface area contributed by atoms with Crippen LogP contribution in [0.3, 0.4) is 0 Å². The SMILES string of the molecule is B[C@@H]1O[C@H](CO)[C@@H](O)[C@]1(O)C(F)(F)F. The van der Waals surface area contributed by atoms with Crippen LogP contribution in [0.1, 0.15) is 0 Å². The van der Waals surface area contributed by atoms with Crippen molar-refractivity contribution in [2.45, 2.75) is 30.0 Å². The maximum atomic E-state index is 12.4. The third-order valence-corrected chi connectivity index (χ3v) is 2.44. The Balaban J connectivity index is 2.99.